The molecule has 0 fully saturated rings. The van der Waals surface area contributed by atoms with Crippen molar-refractivity contribution in [1.82, 2.24) is 0 Å². The van der Waals surface area contributed by atoms with Crippen LogP contribution in [-0.4, -0.2) is 0 Å². The summed E-state index contributed by atoms with van der Waals surface area (Å²) in [6.07, 6.45) is 0. The first-order chi connectivity index (χ1) is 8.97. The molecule has 0 bridgehead atoms. The van der Waals surface area contributed by atoms with Crippen LogP contribution in [-0.2, 0) is 0 Å². The Morgan fingerprint density at radius 2 is 1.95 bits per heavy atom. The second kappa shape index (κ2) is 5.93. The van der Waals surface area contributed by atoms with Crippen LogP contribution in [0.15, 0.2) is 40.9 Å². The van der Waals surface area contributed by atoms with Crippen LogP contribution < -0.4 is 5.32 Å². The molecule has 19 heavy (non-hydrogen) atoms. The van der Waals surface area contributed by atoms with Crippen LogP contribution in [0.3, 0.4) is 0 Å². The van der Waals surface area contributed by atoms with Gasteiger partial charge in [0.1, 0.15) is 5.82 Å². The second-order valence-corrected chi connectivity index (χ2v) is 5.82. The van der Waals surface area contributed by atoms with E-state index in [1.165, 1.54) is 0 Å². The predicted molar refractivity (Wildman–Crippen MR) is 82.3 cm³/mol. The lowest BCUT2D eigenvalue weighted by molar-refractivity contribution is 0.614. The number of hydrogen-bond donors (Lipinski definition) is 1. The smallest absolute Gasteiger partial charge is 0.126 e. The Hall–Kier alpha value is -1.06. The highest BCUT2D eigenvalue weighted by molar-refractivity contribution is 9.10. The van der Waals surface area contributed by atoms with E-state index in [0.29, 0.717) is 10.6 Å². The molecule has 0 saturated heterocycles. The number of hydrogen-bond acceptors (Lipinski definition) is 1. The van der Waals surface area contributed by atoms with E-state index < -0.39 is 0 Å². The SMILES string of the molecule is Cc1ccc(C(C)Nc2cc(Br)ccc2Cl)cc1F. The third-order valence-electron chi connectivity index (χ3n) is 3.00. The molecule has 1 atom stereocenters. The van der Waals surface area contributed by atoms with Crippen LogP contribution in [0, 0.1) is 12.7 Å². The number of rotatable bonds is 3. The first-order valence-corrected chi connectivity index (χ1v) is 7.12. The number of halogens is 3. The molecule has 2 aromatic rings. The Kier molecular flexibility index (Phi) is 4.48. The van der Waals surface area contributed by atoms with Gasteiger partial charge in [0.25, 0.3) is 0 Å². The number of aryl methyl sites for hydroxylation is 1. The topological polar surface area (TPSA) is 12.0 Å². The van der Waals surface area contributed by atoms with E-state index >= 15 is 0 Å². The standard InChI is InChI=1S/C15H14BrClFN/c1-9-3-4-11(7-14(9)18)10(2)19-15-8-12(16)5-6-13(15)17/h3-8,10,19H,1-2H3. The minimum absolute atomic E-state index is 0.0260. The molecule has 2 rings (SSSR count). The molecule has 4 heteroatoms. The molecule has 0 amide bonds. The maximum Gasteiger partial charge on any atom is 0.126 e. The van der Waals surface area contributed by atoms with Gasteiger partial charge in [-0.15, -0.1) is 0 Å². The quantitative estimate of drug-likeness (QED) is 0.752. The first kappa shape index (κ1) is 14.4. The number of nitrogens with one attached hydrogen (secondary N) is 1. The molecule has 0 saturated carbocycles. The van der Waals surface area contributed by atoms with Crippen LogP contribution in [0.25, 0.3) is 0 Å². The van der Waals surface area contributed by atoms with Crippen LogP contribution in [0.4, 0.5) is 10.1 Å². The summed E-state index contributed by atoms with van der Waals surface area (Å²) in [7, 11) is 0. The highest BCUT2D eigenvalue weighted by Gasteiger charge is 2.10. The Labute approximate surface area is 125 Å². The molecule has 0 radical (unpaired) electrons. The van der Waals surface area contributed by atoms with Crippen molar-refractivity contribution in [2.24, 2.45) is 0 Å². The average molecular weight is 343 g/mol. The van der Waals surface area contributed by atoms with Crippen LogP contribution >= 0.6 is 27.5 Å². The van der Waals surface area contributed by atoms with Gasteiger partial charge in [-0.3, -0.25) is 0 Å². The van der Waals surface area contributed by atoms with Gasteiger partial charge in [-0.2, -0.15) is 0 Å². The van der Waals surface area contributed by atoms with Crippen molar-refractivity contribution in [3.63, 3.8) is 0 Å². The Bertz CT molecular complexity index is 601. The van der Waals surface area contributed by atoms with Gasteiger partial charge in [0, 0.05) is 10.5 Å². The van der Waals surface area contributed by atoms with E-state index in [1.807, 2.05) is 31.2 Å². The minimum Gasteiger partial charge on any atom is -0.377 e. The number of anilines is 1. The Morgan fingerprint density at radius 3 is 2.63 bits per heavy atom. The van der Waals surface area contributed by atoms with Gasteiger partial charge in [0.15, 0.2) is 0 Å². The summed E-state index contributed by atoms with van der Waals surface area (Å²) in [5.74, 6) is -0.188. The zero-order chi connectivity index (χ0) is 14.0. The molecule has 0 spiro atoms. The van der Waals surface area contributed by atoms with Crippen molar-refractivity contribution >= 4 is 33.2 Å². The summed E-state index contributed by atoms with van der Waals surface area (Å²) in [6.45, 7) is 3.73. The van der Waals surface area contributed by atoms with Gasteiger partial charge in [0.2, 0.25) is 0 Å². The fraction of sp³-hybridized carbons (Fsp3) is 0.200. The van der Waals surface area contributed by atoms with Crippen LogP contribution in [0.1, 0.15) is 24.1 Å². The molecule has 0 heterocycles. The third kappa shape index (κ3) is 3.48. The van der Waals surface area contributed by atoms with Gasteiger partial charge >= 0.3 is 0 Å². The van der Waals surface area contributed by atoms with Gasteiger partial charge < -0.3 is 5.32 Å². The summed E-state index contributed by atoms with van der Waals surface area (Å²) in [4.78, 5) is 0. The maximum atomic E-state index is 13.6. The highest BCUT2D eigenvalue weighted by atomic mass is 79.9. The fourth-order valence-corrected chi connectivity index (χ4v) is 2.34. The van der Waals surface area contributed by atoms with Crippen LogP contribution in [0.5, 0.6) is 0 Å². The van der Waals surface area contributed by atoms with Crippen molar-refractivity contribution in [2.75, 3.05) is 5.32 Å². The Balaban J connectivity index is 2.22. The van der Waals surface area contributed by atoms with E-state index in [-0.39, 0.29) is 11.9 Å². The molecule has 0 aliphatic rings. The lowest BCUT2D eigenvalue weighted by Crippen LogP contribution is -2.07. The van der Waals surface area contributed by atoms with E-state index in [2.05, 4.69) is 21.2 Å². The van der Waals surface area contributed by atoms with Gasteiger partial charge in [-0.1, -0.05) is 39.7 Å². The lowest BCUT2D eigenvalue weighted by atomic mass is 10.1. The zero-order valence-electron chi connectivity index (χ0n) is 10.7. The normalized spacial score (nSPS) is 12.3. The summed E-state index contributed by atoms with van der Waals surface area (Å²) in [6, 6.07) is 10.8. The lowest BCUT2D eigenvalue weighted by Gasteiger charge is -2.17. The monoisotopic (exact) mass is 341 g/mol. The molecule has 0 aromatic heterocycles. The van der Waals surface area contributed by atoms with E-state index in [9.17, 15) is 4.39 Å². The predicted octanol–water partition coefficient (Wildman–Crippen LogP) is 5.72. The summed E-state index contributed by atoms with van der Waals surface area (Å²) in [5, 5.41) is 3.93. The average Bonchev–Trinajstić information content (AvgIpc) is 2.37. The molecule has 1 nitrogen and oxygen atoms in total. The van der Waals surface area contributed by atoms with Crippen LogP contribution in [0.2, 0.25) is 5.02 Å². The summed E-state index contributed by atoms with van der Waals surface area (Å²) < 4.78 is 14.5. The highest BCUT2D eigenvalue weighted by Crippen LogP contribution is 2.29. The van der Waals surface area contributed by atoms with Crippen molar-refractivity contribution in [3.05, 3.63) is 62.8 Å². The van der Waals surface area contributed by atoms with Gasteiger partial charge in [-0.05, 0) is 49.2 Å². The van der Waals surface area contributed by atoms with Crippen molar-refractivity contribution in [3.8, 4) is 0 Å². The first-order valence-electron chi connectivity index (χ1n) is 5.95. The minimum atomic E-state index is -0.188. The van der Waals surface area contributed by atoms with E-state index in [0.717, 1.165) is 15.7 Å². The summed E-state index contributed by atoms with van der Waals surface area (Å²) in [5.41, 5.74) is 2.36. The molecule has 1 N–H and O–H groups in total. The summed E-state index contributed by atoms with van der Waals surface area (Å²) >= 11 is 9.53. The molecule has 100 valence electrons. The largest absolute Gasteiger partial charge is 0.377 e. The zero-order valence-corrected chi connectivity index (χ0v) is 13.0. The van der Waals surface area contributed by atoms with E-state index in [4.69, 9.17) is 11.6 Å². The van der Waals surface area contributed by atoms with Gasteiger partial charge in [-0.25, -0.2) is 4.39 Å². The fourth-order valence-electron chi connectivity index (χ4n) is 1.80. The molecule has 2 aromatic carbocycles. The number of benzene rings is 2. The van der Waals surface area contributed by atoms with Gasteiger partial charge in [0.05, 0.1) is 10.7 Å². The van der Waals surface area contributed by atoms with Crippen molar-refractivity contribution in [1.29, 1.82) is 0 Å². The molecular formula is C15H14BrClFN. The van der Waals surface area contributed by atoms with Crippen molar-refractivity contribution < 1.29 is 4.39 Å². The second-order valence-electron chi connectivity index (χ2n) is 4.50. The third-order valence-corrected chi connectivity index (χ3v) is 3.82. The molecular weight excluding hydrogens is 329 g/mol. The molecule has 0 aliphatic carbocycles. The van der Waals surface area contributed by atoms with E-state index in [1.54, 1.807) is 19.1 Å². The molecule has 0 aliphatic heterocycles. The van der Waals surface area contributed by atoms with Crippen molar-refractivity contribution in [2.45, 2.75) is 19.9 Å². The maximum absolute atomic E-state index is 13.6. The molecule has 1 unspecified atom stereocenters. The Morgan fingerprint density at radius 1 is 1.21 bits per heavy atom.